The number of nitrogens with one attached hydrogen (secondary N) is 2. The first-order valence-corrected chi connectivity index (χ1v) is 13.0. The fourth-order valence-corrected chi connectivity index (χ4v) is 4.73. The highest BCUT2D eigenvalue weighted by Gasteiger charge is 2.16. The smallest absolute Gasteiger partial charge is 0.157 e. The summed E-state index contributed by atoms with van der Waals surface area (Å²) in [5.74, 6) is 1.47. The molecule has 0 atom stereocenters. The summed E-state index contributed by atoms with van der Waals surface area (Å²) in [6.45, 7) is 8.59. The second kappa shape index (κ2) is 11.5. The zero-order valence-corrected chi connectivity index (χ0v) is 22.4. The number of halogens is 1. The largest absolute Gasteiger partial charge is 0.490 e. The molecular formula is C27H34ClN7O2. The van der Waals surface area contributed by atoms with Gasteiger partial charge in [-0.05, 0) is 38.7 Å². The van der Waals surface area contributed by atoms with E-state index in [4.69, 9.17) is 26.1 Å². The molecule has 0 unspecified atom stereocenters. The van der Waals surface area contributed by atoms with Crippen LogP contribution < -0.4 is 15.4 Å². The summed E-state index contributed by atoms with van der Waals surface area (Å²) in [6, 6.07) is 9.95. The second-order valence-electron chi connectivity index (χ2n) is 9.54. The third kappa shape index (κ3) is 5.91. The summed E-state index contributed by atoms with van der Waals surface area (Å²) >= 11 is 6.50. The number of hydrogen-bond donors (Lipinski definition) is 2. The Hall–Kier alpha value is -3.11. The Morgan fingerprint density at radius 3 is 2.78 bits per heavy atom. The molecule has 1 aliphatic rings. The minimum absolute atomic E-state index is 0.588. The highest BCUT2D eigenvalue weighted by atomic mass is 35.5. The number of hydrogen-bond acceptors (Lipinski definition) is 8. The van der Waals surface area contributed by atoms with Crippen LogP contribution in [0, 0.1) is 6.92 Å². The van der Waals surface area contributed by atoms with Crippen LogP contribution in [-0.2, 0) is 4.74 Å². The topological polar surface area (TPSA) is 79.2 Å². The molecule has 2 aromatic heterocycles. The molecule has 2 aromatic carbocycles. The number of benzene rings is 2. The molecule has 0 amide bonds. The molecular weight excluding hydrogens is 490 g/mol. The number of imidazole rings is 1. The Morgan fingerprint density at radius 1 is 1.16 bits per heavy atom. The lowest BCUT2D eigenvalue weighted by Gasteiger charge is -2.26. The molecule has 0 aliphatic carbocycles. The van der Waals surface area contributed by atoms with Crippen LogP contribution in [0.5, 0.6) is 5.75 Å². The van der Waals surface area contributed by atoms with Crippen molar-refractivity contribution in [3.05, 3.63) is 53.4 Å². The van der Waals surface area contributed by atoms with Crippen LogP contribution in [0.3, 0.4) is 0 Å². The third-order valence-corrected chi connectivity index (χ3v) is 6.87. The predicted molar refractivity (Wildman–Crippen MR) is 150 cm³/mol. The molecule has 196 valence electrons. The van der Waals surface area contributed by atoms with E-state index in [0.717, 1.165) is 85.2 Å². The Labute approximate surface area is 222 Å². The van der Waals surface area contributed by atoms with Gasteiger partial charge >= 0.3 is 0 Å². The van der Waals surface area contributed by atoms with E-state index in [2.05, 4.69) is 45.6 Å². The van der Waals surface area contributed by atoms with Crippen LogP contribution in [-0.4, -0.2) is 90.8 Å². The molecule has 5 rings (SSSR count). The number of aryl methyl sites for hydroxylation is 1. The van der Waals surface area contributed by atoms with Gasteiger partial charge < -0.3 is 25.0 Å². The second-order valence-corrected chi connectivity index (χ2v) is 9.94. The number of nitrogens with zero attached hydrogens (tertiary/aromatic N) is 5. The van der Waals surface area contributed by atoms with E-state index >= 15 is 0 Å². The minimum Gasteiger partial charge on any atom is -0.490 e. The Balaban J connectivity index is 1.49. The maximum absolute atomic E-state index is 6.50. The van der Waals surface area contributed by atoms with E-state index in [-0.39, 0.29) is 0 Å². The van der Waals surface area contributed by atoms with Crippen molar-refractivity contribution in [3.63, 3.8) is 0 Å². The van der Waals surface area contributed by atoms with Gasteiger partial charge in [0.25, 0.3) is 0 Å². The van der Waals surface area contributed by atoms with Gasteiger partial charge in [0.1, 0.15) is 17.9 Å². The molecule has 2 N–H and O–H groups in total. The van der Waals surface area contributed by atoms with Gasteiger partial charge in [0.15, 0.2) is 5.82 Å². The van der Waals surface area contributed by atoms with Crippen LogP contribution in [0.4, 0.5) is 17.2 Å². The molecule has 1 aliphatic heterocycles. The van der Waals surface area contributed by atoms with Crippen LogP contribution >= 0.6 is 11.6 Å². The summed E-state index contributed by atoms with van der Waals surface area (Å²) in [7, 11) is 4.13. The molecule has 37 heavy (non-hydrogen) atoms. The first-order valence-electron chi connectivity index (χ1n) is 12.6. The van der Waals surface area contributed by atoms with Crippen molar-refractivity contribution in [1.82, 2.24) is 24.2 Å². The highest BCUT2D eigenvalue weighted by molar-refractivity contribution is 6.33. The summed E-state index contributed by atoms with van der Waals surface area (Å²) in [5, 5.41) is 7.65. The van der Waals surface area contributed by atoms with E-state index in [1.165, 1.54) is 0 Å². The summed E-state index contributed by atoms with van der Waals surface area (Å²) in [5.41, 5.74) is 5.43. The lowest BCUT2D eigenvalue weighted by molar-refractivity contribution is 0.0323. The number of likely N-dealkylation sites (N-methyl/N-ethyl adjacent to an activating group) is 1. The first-order chi connectivity index (χ1) is 18.0. The quantitative estimate of drug-likeness (QED) is 0.319. The molecule has 9 nitrogen and oxygen atoms in total. The summed E-state index contributed by atoms with van der Waals surface area (Å²) < 4.78 is 13.8. The zero-order chi connectivity index (χ0) is 25.8. The fourth-order valence-electron chi connectivity index (χ4n) is 4.46. The number of ether oxygens (including phenoxy) is 2. The molecule has 0 spiro atoms. The maximum atomic E-state index is 6.50. The van der Waals surface area contributed by atoms with Crippen molar-refractivity contribution < 1.29 is 9.47 Å². The van der Waals surface area contributed by atoms with Crippen molar-refractivity contribution in [3.8, 4) is 5.75 Å². The monoisotopic (exact) mass is 523 g/mol. The number of fused-ring (bicyclic) bond motifs is 3. The SMILES string of the molecule is Cc1cccc(Cl)c1Nc1nc2cc(OCCN3CCOCC3)c(NCCN(C)C)cc2n2cncc12. The predicted octanol–water partition coefficient (Wildman–Crippen LogP) is 4.27. The molecule has 3 heterocycles. The lowest BCUT2D eigenvalue weighted by atomic mass is 10.2. The number of morpholine rings is 1. The maximum Gasteiger partial charge on any atom is 0.157 e. The number of anilines is 3. The van der Waals surface area contributed by atoms with Crippen LogP contribution in [0.25, 0.3) is 16.6 Å². The van der Waals surface area contributed by atoms with E-state index in [0.29, 0.717) is 17.4 Å². The Morgan fingerprint density at radius 2 is 2.00 bits per heavy atom. The average molecular weight is 524 g/mol. The van der Waals surface area contributed by atoms with E-state index in [9.17, 15) is 0 Å². The van der Waals surface area contributed by atoms with Crippen molar-refractivity contribution in [2.45, 2.75) is 6.92 Å². The van der Waals surface area contributed by atoms with E-state index in [1.807, 2.05) is 48.1 Å². The van der Waals surface area contributed by atoms with Crippen molar-refractivity contribution in [2.24, 2.45) is 0 Å². The van der Waals surface area contributed by atoms with Gasteiger partial charge in [-0.3, -0.25) is 9.30 Å². The van der Waals surface area contributed by atoms with Gasteiger partial charge in [0, 0.05) is 38.8 Å². The minimum atomic E-state index is 0.588. The fraction of sp³-hybridized carbons (Fsp3) is 0.407. The average Bonchev–Trinajstić information content (AvgIpc) is 3.38. The number of rotatable bonds is 10. The van der Waals surface area contributed by atoms with Gasteiger partial charge in [0.2, 0.25) is 0 Å². The molecule has 1 fully saturated rings. The van der Waals surface area contributed by atoms with E-state index < -0.39 is 0 Å². The van der Waals surface area contributed by atoms with Gasteiger partial charge in [0.05, 0.1) is 53.2 Å². The van der Waals surface area contributed by atoms with E-state index in [1.54, 1.807) is 0 Å². The normalized spacial score (nSPS) is 14.5. The number of para-hydroxylation sites is 1. The third-order valence-electron chi connectivity index (χ3n) is 6.56. The molecule has 0 radical (unpaired) electrons. The first kappa shape index (κ1) is 25.5. The molecule has 0 saturated carbocycles. The molecule has 4 aromatic rings. The lowest BCUT2D eigenvalue weighted by Crippen LogP contribution is -2.38. The molecule has 0 bridgehead atoms. The van der Waals surface area contributed by atoms with Crippen LogP contribution in [0.2, 0.25) is 5.02 Å². The molecule has 1 saturated heterocycles. The van der Waals surface area contributed by atoms with Gasteiger partial charge in [-0.25, -0.2) is 9.97 Å². The van der Waals surface area contributed by atoms with Crippen LogP contribution in [0.1, 0.15) is 5.56 Å². The summed E-state index contributed by atoms with van der Waals surface area (Å²) in [4.78, 5) is 13.9. The van der Waals surface area contributed by atoms with Crippen molar-refractivity contribution >= 4 is 45.3 Å². The number of aromatic nitrogens is 3. The van der Waals surface area contributed by atoms with Crippen molar-refractivity contribution in [1.29, 1.82) is 0 Å². The summed E-state index contributed by atoms with van der Waals surface area (Å²) in [6.07, 6.45) is 3.62. The van der Waals surface area contributed by atoms with Crippen LogP contribution in [0.15, 0.2) is 42.9 Å². The van der Waals surface area contributed by atoms with Crippen molar-refractivity contribution in [2.75, 3.05) is 77.3 Å². The van der Waals surface area contributed by atoms with Gasteiger partial charge in [-0.15, -0.1) is 0 Å². The Bertz CT molecular complexity index is 1350. The van der Waals surface area contributed by atoms with Gasteiger partial charge in [-0.2, -0.15) is 0 Å². The Kier molecular flexibility index (Phi) is 7.95. The standard InChI is InChI=1S/C27H34ClN7O2/c1-19-5-4-6-20(28)26(19)32-27-24-17-29-18-35(24)23-15-22(30-7-8-33(2)3)25(16-21(23)31-27)37-14-11-34-9-12-36-13-10-34/h4-6,15-18,30H,7-14H2,1-3H3,(H,31,32). The van der Waals surface area contributed by atoms with Gasteiger partial charge in [-0.1, -0.05) is 23.7 Å². The highest BCUT2D eigenvalue weighted by Crippen LogP contribution is 2.34. The zero-order valence-electron chi connectivity index (χ0n) is 21.6. The molecule has 10 heteroatoms.